The van der Waals surface area contributed by atoms with Crippen LogP contribution in [0, 0.1) is 22.7 Å². The molecule has 23 heavy (non-hydrogen) atoms. The van der Waals surface area contributed by atoms with Crippen molar-refractivity contribution < 1.29 is 0 Å². The molecule has 6 nitrogen and oxygen atoms in total. The summed E-state index contributed by atoms with van der Waals surface area (Å²) in [5, 5.41) is 9.48. The molecular formula is C17H24N4O2. The van der Waals surface area contributed by atoms with Crippen LogP contribution in [0.25, 0.3) is 0 Å². The molecule has 1 saturated carbocycles. The molecule has 1 spiro atoms. The molecule has 0 amide bonds. The van der Waals surface area contributed by atoms with Crippen LogP contribution in [0.15, 0.2) is 9.59 Å². The van der Waals surface area contributed by atoms with Gasteiger partial charge in [0.25, 0.3) is 5.56 Å². The predicted molar refractivity (Wildman–Crippen MR) is 88.5 cm³/mol. The van der Waals surface area contributed by atoms with Crippen LogP contribution in [0.4, 0.5) is 5.82 Å². The van der Waals surface area contributed by atoms with Gasteiger partial charge in [0.2, 0.25) is 0 Å². The van der Waals surface area contributed by atoms with Gasteiger partial charge in [0, 0.05) is 32.1 Å². The molecule has 1 aliphatic heterocycles. The van der Waals surface area contributed by atoms with Crippen molar-refractivity contribution in [3.63, 3.8) is 0 Å². The number of nitriles is 1. The zero-order valence-electron chi connectivity index (χ0n) is 14.3. The van der Waals surface area contributed by atoms with Crippen LogP contribution in [0.2, 0.25) is 0 Å². The SMILES string of the molecule is CC(C)[C@@H]1N(c2c(C#N)c(=O)n(C)c(=O)n2C)CC12CCCC2. The van der Waals surface area contributed by atoms with Gasteiger partial charge in [0.05, 0.1) is 0 Å². The molecule has 1 aliphatic carbocycles. The van der Waals surface area contributed by atoms with Crippen LogP contribution < -0.4 is 16.1 Å². The van der Waals surface area contributed by atoms with E-state index in [0.29, 0.717) is 11.7 Å². The lowest BCUT2D eigenvalue weighted by Gasteiger charge is -2.59. The van der Waals surface area contributed by atoms with Crippen molar-refractivity contribution in [3.8, 4) is 6.07 Å². The zero-order chi connectivity index (χ0) is 16.9. The first kappa shape index (κ1) is 15.9. The van der Waals surface area contributed by atoms with Crippen molar-refractivity contribution >= 4 is 5.82 Å². The van der Waals surface area contributed by atoms with E-state index in [9.17, 15) is 14.9 Å². The van der Waals surface area contributed by atoms with Crippen molar-refractivity contribution in [2.45, 2.75) is 45.6 Å². The van der Waals surface area contributed by atoms with Gasteiger partial charge in [-0.15, -0.1) is 0 Å². The number of nitrogens with zero attached hydrogens (tertiary/aromatic N) is 4. The highest BCUT2D eigenvalue weighted by molar-refractivity contribution is 5.57. The third-order valence-electron chi connectivity index (χ3n) is 5.70. The molecule has 0 aromatic carbocycles. The standard InChI is InChI=1S/C17H24N4O2/c1-11(2)13-17(7-5-6-8-17)10-21(13)14-12(9-18)15(22)20(4)16(23)19(14)3/h11,13H,5-8,10H2,1-4H3/t13-/m0/s1. The third-order valence-corrected chi connectivity index (χ3v) is 5.70. The van der Waals surface area contributed by atoms with Crippen LogP contribution in [-0.2, 0) is 14.1 Å². The maximum Gasteiger partial charge on any atom is 0.332 e. The van der Waals surface area contributed by atoms with Gasteiger partial charge >= 0.3 is 5.69 Å². The van der Waals surface area contributed by atoms with Crippen molar-refractivity contribution in [2.24, 2.45) is 25.4 Å². The Morgan fingerprint density at radius 3 is 2.30 bits per heavy atom. The second-order valence-electron chi connectivity index (χ2n) is 7.40. The molecule has 2 heterocycles. The average molecular weight is 316 g/mol. The van der Waals surface area contributed by atoms with E-state index >= 15 is 0 Å². The van der Waals surface area contributed by atoms with Gasteiger partial charge in [-0.25, -0.2) is 4.79 Å². The van der Waals surface area contributed by atoms with Gasteiger partial charge in [0.15, 0.2) is 5.56 Å². The summed E-state index contributed by atoms with van der Waals surface area (Å²) in [5.41, 5.74) is -0.509. The number of rotatable bonds is 2. The molecule has 2 fully saturated rings. The van der Waals surface area contributed by atoms with E-state index in [4.69, 9.17) is 0 Å². The summed E-state index contributed by atoms with van der Waals surface area (Å²) in [5.74, 6) is 0.907. The fraction of sp³-hybridized carbons (Fsp3) is 0.706. The predicted octanol–water partition coefficient (Wildman–Crippen LogP) is 1.36. The molecule has 0 unspecified atom stereocenters. The minimum Gasteiger partial charge on any atom is -0.352 e. The maximum absolute atomic E-state index is 12.3. The van der Waals surface area contributed by atoms with Crippen LogP contribution in [0.1, 0.15) is 45.1 Å². The normalized spacial score (nSPS) is 22.4. The molecule has 1 atom stereocenters. The summed E-state index contributed by atoms with van der Waals surface area (Å²) in [4.78, 5) is 26.8. The van der Waals surface area contributed by atoms with Crippen molar-refractivity contribution in [1.29, 1.82) is 5.26 Å². The van der Waals surface area contributed by atoms with Crippen LogP contribution >= 0.6 is 0 Å². The van der Waals surface area contributed by atoms with E-state index in [0.717, 1.165) is 11.1 Å². The van der Waals surface area contributed by atoms with Crippen LogP contribution in [0.3, 0.4) is 0 Å². The summed E-state index contributed by atoms with van der Waals surface area (Å²) in [7, 11) is 3.07. The topological polar surface area (TPSA) is 71.0 Å². The van der Waals surface area contributed by atoms with Crippen molar-refractivity contribution in [3.05, 3.63) is 26.4 Å². The van der Waals surface area contributed by atoms with E-state index in [1.165, 1.54) is 37.3 Å². The van der Waals surface area contributed by atoms with Gasteiger partial charge in [-0.3, -0.25) is 13.9 Å². The first-order chi connectivity index (χ1) is 10.8. The Morgan fingerprint density at radius 1 is 1.17 bits per heavy atom. The van der Waals surface area contributed by atoms with Crippen molar-refractivity contribution in [2.75, 3.05) is 11.4 Å². The van der Waals surface area contributed by atoms with Gasteiger partial charge in [-0.05, 0) is 18.8 Å². The fourth-order valence-electron chi connectivity index (χ4n) is 4.82. The second-order valence-corrected chi connectivity index (χ2v) is 7.40. The summed E-state index contributed by atoms with van der Waals surface area (Å²) in [6.45, 7) is 5.20. The molecule has 124 valence electrons. The zero-order valence-corrected chi connectivity index (χ0v) is 14.3. The quantitative estimate of drug-likeness (QED) is 0.826. The smallest absolute Gasteiger partial charge is 0.332 e. The highest BCUT2D eigenvalue weighted by atomic mass is 16.2. The molecule has 6 heteroatoms. The Kier molecular flexibility index (Phi) is 3.62. The Balaban J connectivity index is 2.15. The van der Waals surface area contributed by atoms with E-state index < -0.39 is 5.56 Å². The molecule has 0 N–H and O–H groups in total. The van der Waals surface area contributed by atoms with E-state index in [1.807, 2.05) is 6.07 Å². The van der Waals surface area contributed by atoms with Crippen LogP contribution in [-0.4, -0.2) is 21.7 Å². The van der Waals surface area contributed by atoms with E-state index in [1.54, 1.807) is 7.05 Å². The highest BCUT2D eigenvalue weighted by Gasteiger charge is 2.55. The molecule has 0 radical (unpaired) electrons. The Hall–Kier alpha value is -2.03. The van der Waals surface area contributed by atoms with Gasteiger partial charge in [-0.1, -0.05) is 26.7 Å². The first-order valence-corrected chi connectivity index (χ1v) is 8.31. The van der Waals surface area contributed by atoms with Gasteiger partial charge in [-0.2, -0.15) is 5.26 Å². The minimum atomic E-state index is -0.500. The number of hydrogen-bond donors (Lipinski definition) is 0. The second kappa shape index (κ2) is 5.26. The van der Waals surface area contributed by atoms with Crippen LogP contribution in [0.5, 0.6) is 0 Å². The highest BCUT2D eigenvalue weighted by Crippen LogP contribution is 2.54. The largest absolute Gasteiger partial charge is 0.352 e. The number of hydrogen-bond acceptors (Lipinski definition) is 4. The average Bonchev–Trinajstić information content (AvgIpc) is 2.97. The molecule has 0 bridgehead atoms. The number of anilines is 1. The molecule has 1 aromatic rings. The monoisotopic (exact) mass is 316 g/mol. The van der Waals surface area contributed by atoms with Crippen molar-refractivity contribution in [1.82, 2.24) is 9.13 Å². The summed E-state index contributed by atoms with van der Waals surface area (Å²) >= 11 is 0. The molecular weight excluding hydrogens is 292 g/mol. The minimum absolute atomic E-state index is 0.0769. The third kappa shape index (κ3) is 2.06. The van der Waals surface area contributed by atoms with E-state index in [2.05, 4.69) is 18.7 Å². The summed E-state index contributed by atoms with van der Waals surface area (Å²) in [6.07, 6.45) is 4.90. The lowest BCUT2D eigenvalue weighted by atomic mass is 9.66. The Bertz CT molecular complexity index is 791. The van der Waals surface area contributed by atoms with Gasteiger partial charge in [0.1, 0.15) is 11.9 Å². The Labute approximate surface area is 135 Å². The summed E-state index contributed by atoms with van der Waals surface area (Å²) < 4.78 is 2.47. The fourth-order valence-corrected chi connectivity index (χ4v) is 4.82. The van der Waals surface area contributed by atoms with Gasteiger partial charge < -0.3 is 4.90 Å². The lowest BCUT2D eigenvalue weighted by Crippen LogP contribution is -2.67. The molecule has 2 aliphatic rings. The lowest BCUT2D eigenvalue weighted by molar-refractivity contribution is 0.0966. The molecule has 1 aromatic heterocycles. The maximum atomic E-state index is 12.3. The Morgan fingerprint density at radius 2 is 1.78 bits per heavy atom. The molecule has 1 saturated heterocycles. The summed E-state index contributed by atoms with van der Waals surface area (Å²) in [6, 6.07) is 2.31. The first-order valence-electron chi connectivity index (χ1n) is 8.31. The van der Waals surface area contributed by atoms with E-state index in [-0.39, 0.29) is 22.7 Å². The number of aromatic nitrogens is 2. The molecule has 3 rings (SSSR count).